The third-order valence-electron chi connectivity index (χ3n) is 5.60. The number of carbonyl (C=O) groups is 1. The van der Waals surface area contributed by atoms with Crippen LogP contribution in [0.15, 0.2) is 30.5 Å². The number of anilines is 1. The molecule has 1 aliphatic heterocycles. The fraction of sp³-hybridized carbons (Fsp3) is 0.476. The first kappa shape index (κ1) is 19.9. The molecule has 2 amide bonds. The summed E-state index contributed by atoms with van der Waals surface area (Å²) >= 11 is 5.95. The van der Waals surface area contributed by atoms with Crippen molar-refractivity contribution in [3.8, 4) is 0 Å². The second kappa shape index (κ2) is 8.53. The van der Waals surface area contributed by atoms with Crippen molar-refractivity contribution in [1.29, 1.82) is 0 Å². The van der Waals surface area contributed by atoms with Crippen molar-refractivity contribution in [1.82, 2.24) is 20.4 Å². The molecule has 2 aliphatic rings. The highest BCUT2D eigenvalue weighted by Gasteiger charge is 2.37. The molecule has 2 aromatic rings. The Morgan fingerprint density at radius 2 is 2.17 bits per heavy atom. The molecular formula is C21H25ClFN5O. The van der Waals surface area contributed by atoms with E-state index >= 15 is 0 Å². The maximum atomic E-state index is 14.1. The van der Waals surface area contributed by atoms with Crippen LogP contribution >= 0.6 is 11.6 Å². The number of nitrogens with one attached hydrogen (secondary N) is 1. The molecule has 0 bridgehead atoms. The summed E-state index contributed by atoms with van der Waals surface area (Å²) in [6.45, 7) is 3.28. The van der Waals surface area contributed by atoms with E-state index in [9.17, 15) is 9.18 Å². The van der Waals surface area contributed by atoms with Crippen LogP contribution in [-0.2, 0) is 6.54 Å². The van der Waals surface area contributed by atoms with E-state index in [2.05, 4.69) is 20.4 Å². The number of likely N-dealkylation sites (tertiary alicyclic amines) is 1. The third kappa shape index (κ3) is 4.61. The highest BCUT2D eigenvalue weighted by Crippen LogP contribution is 2.34. The van der Waals surface area contributed by atoms with Gasteiger partial charge in [0.05, 0.1) is 0 Å². The van der Waals surface area contributed by atoms with E-state index in [-0.39, 0.29) is 18.6 Å². The summed E-state index contributed by atoms with van der Waals surface area (Å²) < 4.78 is 14.1. The van der Waals surface area contributed by atoms with Gasteiger partial charge in [-0.3, -0.25) is 0 Å². The number of piperidine rings is 1. The molecule has 1 aliphatic carbocycles. The highest BCUT2D eigenvalue weighted by molar-refractivity contribution is 6.31. The molecule has 1 saturated carbocycles. The van der Waals surface area contributed by atoms with Gasteiger partial charge in [0.1, 0.15) is 5.82 Å². The van der Waals surface area contributed by atoms with Crippen molar-refractivity contribution < 1.29 is 9.18 Å². The SMILES string of the molecule is Cc1cc(CNC(=O)N2CCC[C@@H](N(c3cccnn3)C3CC3)C2)c(F)cc1Cl. The molecule has 0 radical (unpaired) electrons. The number of hydrogen-bond donors (Lipinski definition) is 1. The normalized spacial score (nSPS) is 19.1. The van der Waals surface area contributed by atoms with Crippen LogP contribution in [-0.4, -0.2) is 46.3 Å². The van der Waals surface area contributed by atoms with Gasteiger partial charge in [0.25, 0.3) is 0 Å². The van der Waals surface area contributed by atoms with Crippen LogP contribution in [0.2, 0.25) is 5.02 Å². The van der Waals surface area contributed by atoms with Gasteiger partial charge >= 0.3 is 6.03 Å². The van der Waals surface area contributed by atoms with Gasteiger partial charge in [-0.05, 0) is 62.4 Å². The molecule has 1 N–H and O–H groups in total. The minimum absolute atomic E-state index is 0.139. The smallest absolute Gasteiger partial charge is 0.317 e. The lowest BCUT2D eigenvalue weighted by Gasteiger charge is -2.40. The van der Waals surface area contributed by atoms with E-state index < -0.39 is 5.82 Å². The standard InChI is InChI=1S/C21H25ClFN5O/c1-14-10-15(19(23)11-18(14)22)12-24-21(29)27-9-3-4-17(13-27)28(16-6-7-16)20-5-2-8-25-26-20/h2,5,8,10-11,16-17H,3-4,6-7,9,12-13H2,1H3,(H,24,29)/t17-/m1/s1. The molecule has 29 heavy (non-hydrogen) atoms. The Morgan fingerprint density at radius 3 is 2.90 bits per heavy atom. The highest BCUT2D eigenvalue weighted by atomic mass is 35.5. The van der Waals surface area contributed by atoms with E-state index in [1.54, 1.807) is 12.3 Å². The Bertz CT molecular complexity index is 877. The van der Waals surface area contributed by atoms with Gasteiger partial charge < -0.3 is 15.1 Å². The van der Waals surface area contributed by atoms with E-state index in [1.807, 2.05) is 24.0 Å². The zero-order valence-corrected chi connectivity index (χ0v) is 17.2. The Hall–Kier alpha value is -2.41. The molecule has 6 nitrogen and oxygen atoms in total. The zero-order valence-electron chi connectivity index (χ0n) is 16.4. The molecule has 154 valence electrons. The first-order valence-electron chi connectivity index (χ1n) is 10.1. The van der Waals surface area contributed by atoms with Gasteiger partial charge in [0.15, 0.2) is 5.82 Å². The van der Waals surface area contributed by atoms with Crippen LogP contribution in [0.25, 0.3) is 0 Å². The van der Waals surface area contributed by atoms with Crippen LogP contribution in [0.1, 0.15) is 36.8 Å². The fourth-order valence-electron chi connectivity index (χ4n) is 3.96. The predicted molar refractivity (Wildman–Crippen MR) is 111 cm³/mol. The number of hydrogen-bond acceptors (Lipinski definition) is 4. The molecule has 2 heterocycles. The average molecular weight is 418 g/mol. The van der Waals surface area contributed by atoms with Gasteiger partial charge in [-0.2, -0.15) is 5.10 Å². The summed E-state index contributed by atoms with van der Waals surface area (Å²) in [7, 11) is 0. The second-order valence-electron chi connectivity index (χ2n) is 7.81. The van der Waals surface area contributed by atoms with Crippen LogP contribution in [0.4, 0.5) is 15.0 Å². The largest absolute Gasteiger partial charge is 0.347 e. The number of urea groups is 1. The first-order valence-corrected chi connectivity index (χ1v) is 10.4. The molecular weight excluding hydrogens is 393 g/mol. The Kier molecular flexibility index (Phi) is 5.85. The van der Waals surface area contributed by atoms with Crippen LogP contribution in [0, 0.1) is 12.7 Å². The first-order chi connectivity index (χ1) is 14.0. The number of benzene rings is 1. The third-order valence-corrected chi connectivity index (χ3v) is 6.01. The topological polar surface area (TPSA) is 61.4 Å². The van der Waals surface area contributed by atoms with Gasteiger partial charge in [0.2, 0.25) is 0 Å². The molecule has 1 aromatic heterocycles. The number of aryl methyl sites for hydroxylation is 1. The molecule has 4 rings (SSSR count). The fourth-order valence-corrected chi connectivity index (χ4v) is 4.11. The lowest BCUT2D eigenvalue weighted by atomic mass is 10.0. The van der Waals surface area contributed by atoms with Crippen LogP contribution < -0.4 is 10.2 Å². The van der Waals surface area contributed by atoms with E-state index in [4.69, 9.17) is 11.6 Å². The lowest BCUT2D eigenvalue weighted by Crippen LogP contribution is -2.53. The van der Waals surface area contributed by atoms with Crippen molar-refractivity contribution in [2.24, 2.45) is 0 Å². The number of carbonyl (C=O) groups excluding carboxylic acids is 1. The van der Waals surface area contributed by atoms with Crippen molar-refractivity contribution in [2.45, 2.75) is 51.2 Å². The summed E-state index contributed by atoms with van der Waals surface area (Å²) in [5.41, 5.74) is 1.23. The number of amides is 2. The lowest BCUT2D eigenvalue weighted by molar-refractivity contribution is 0.177. The Morgan fingerprint density at radius 1 is 1.34 bits per heavy atom. The zero-order chi connectivity index (χ0) is 20.4. The van der Waals surface area contributed by atoms with Crippen molar-refractivity contribution in [3.63, 3.8) is 0 Å². The molecule has 2 fully saturated rings. The molecule has 0 unspecified atom stereocenters. The Balaban J connectivity index is 1.40. The number of nitrogens with zero attached hydrogens (tertiary/aromatic N) is 4. The van der Waals surface area contributed by atoms with Gasteiger partial charge in [0, 0.05) is 48.5 Å². The molecule has 0 spiro atoms. The summed E-state index contributed by atoms with van der Waals surface area (Å²) in [6, 6.07) is 7.38. The monoisotopic (exact) mass is 417 g/mol. The molecule has 8 heteroatoms. The van der Waals surface area contributed by atoms with Gasteiger partial charge in [-0.1, -0.05) is 11.6 Å². The van der Waals surface area contributed by atoms with Crippen LogP contribution in [0.5, 0.6) is 0 Å². The minimum Gasteiger partial charge on any atom is -0.347 e. The summed E-state index contributed by atoms with van der Waals surface area (Å²) in [5.74, 6) is 0.473. The second-order valence-corrected chi connectivity index (χ2v) is 8.22. The quantitative estimate of drug-likeness (QED) is 0.800. The van der Waals surface area contributed by atoms with Crippen LogP contribution in [0.3, 0.4) is 0 Å². The number of aromatic nitrogens is 2. The summed E-state index contributed by atoms with van der Waals surface area (Å²) in [6.07, 6.45) is 5.91. The molecule has 1 saturated heterocycles. The molecule has 1 aromatic carbocycles. The molecule has 1 atom stereocenters. The maximum Gasteiger partial charge on any atom is 0.317 e. The van der Waals surface area contributed by atoms with Gasteiger partial charge in [-0.15, -0.1) is 5.10 Å². The van der Waals surface area contributed by atoms with Crippen molar-refractivity contribution in [2.75, 3.05) is 18.0 Å². The minimum atomic E-state index is -0.403. The van der Waals surface area contributed by atoms with E-state index in [0.29, 0.717) is 29.7 Å². The maximum absolute atomic E-state index is 14.1. The van der Waals surface area contributed by atoms with Gasteiger partial charge in [-0.25, -0.2) is 9.18 Å². The predicted octanol–water partition coefficient (Wildman–Crippen LogP) is 3.92. The summed E-state index contributed by atoms with van der Waals surface area (Å²) in [4.78, 5) is 16.9. The average Bonchev–Trinajstić information content (AvgIpc) is 3.56. The number of rotatable bonds is 5. The van der Waals surface area contributed by atoms with Crippen molar-refractivity contribution >= 4 is 23.4 Å². The number of halogens is 2. The van der Waals surface area contributed by atoms with E-state index in [0.717, 1.165) is 37.1 Å². The Labute approximate surface area is 175 Å². The van der Waals surface area contributed by atoms with E-state index in [1.165, 1.54) is 6.07 Å². The summed E-state index contributed by atoms with van der Waals surface area (Å²) in [5, 5.41) is 11.6. The van der Waals surface area contributed by atoms with Crippen molar-refractivity contribution in [3.05, 3.63) is 52.4 Å².